The van der Waals surface area contributed by atoms with Gasteiger partial charge in [-0.25, -0.2) is 4.98 Å². The van der Waals surface area contributed by atoms with Crippen LogP contribution in [0.25, 0.3) is 11.4 Å². The van der Waals surface area contributed by atoms with E-state index in [4.69, 9.17) is 11.6 Å². The molecule has 0 atom stereocenters. The molecular formula is C11H9BrClN3. The van der Waals surface area contributed by atoms with Crippen LogP contribution in [0.15, 0.2) is 22.7 Å². The number of benzene rings is 1. The van der Waals surface area contributed by atoms with E-state index in [1.165, 1.54) is 12.8 Å². The van der Waals surface area contributed by atoms with Crippen molar-refractivity contribution < 1.29 is 0 Å². The summed E-state index contributed by atoms with van der Waals surface area (Å²) in [6, 6.07) is 5.76. The molecule has 0 unspecified atom stereocenters. The summed E-state index contributed by atoms with van der Waals surface area (Å²) in [5.41, 5.74) is 0.860. The predicted octanol–water partition coefficient (Wildman–Crippen LogP) is 3.77. The Labute approximate surface area is 106 Å². The van der Waals surface area contributed by atoms with Crippen molar-refractivity contribution in [2.75, 3.05) is 0 Å². The van der Waals surface area contributed by atoms with Crippen LogP contribution < -0.4 is 0 Å². The maximum absolute atomic E-state index is 6.19. The first-order chi connectivity index (χ1) is 7.75. The average molecular weight is 299 g/mol. The Morgan fingerprint density at radius 1 is 1.38 bits per heavy atom. The first kappa shape index (κ1) is 10.3. The summed E-state index contributed by atoms with van der Waals surface area (Å²) >= 11 is 9.59. The first-order valence-corrected chi connectivity index (χ1v) is 6.29. The Morgan fingerprint density at radius 2 is 2.19 bits per heavy atom. The minimum atomic E-state index is 0.576. The SMILES string of the molecule is Clc1c(Br)cccc1-c1n[nH]c(C2CC2)n1. The van der Waals surface area contributed by atoms with E-state index < -0.39 is 0 Å². The van der Waals surface area contributed by atoms with Crippen molar-refractivity contribution in [1.29, 1.82) is 0 Å². The third kappa shape index (κ3) is 1.76. The minimum Gasteiger partial charge on any atom is -0.262 e. The second-order valence-corrected chi connectivity index (χ2v) is 5.15. The van der Waals surface area contributed by atoms with Gasteiger partial charge in [-0.2, -0.15) is 5.10 Å². The Balaban J connectivity index is 2.03. The normalized spacial score (nSPS) is 15.4. The van der Waals surface area contributed by atoms with E-state index in [0.717, 1.165) is 15.9 Å². The van der Waals surface area contributed by atoms with Gasteiger partial charge in [0.25, 0.3) is 0 Å². The lowest BCUT2D eigenvalue weighted by molar-refractivity contribution is 0.935. The number of H-pyrrole nitrogens is 1. The van der Waals surface area contributed by atoms with Crippen LogP contribution in [-0.4, -0.2) is 15.2 Å². The summed E-state index contributed by atoms with van der Waals surface area (Å²) in [5, 5.41) is 7.84. The second kappa shape index (κ2) is 3.86. The quantitative estimate of drug-likeness (QED) is 0.917. The fourth-order valence-corrected chi connectivity index (χ4v) is 2.19. The van der Waals surface area contributed by atoms with Gasteiger partial charge in [-0.3, -0.25) is 5.10 Å². The molecule has 0 aliphatic heterocycles. The van der Waals surface area contributed by atoms with Crippen LogP contribution in [0, 0.1) is 0 Å². The number of nitrogens with one attached hydrogen (secondary N) is 1. The van der Waals surface area contributed by atoms with Gasteiger partial charge in [0.05, 0.1) is 5.02 Å². The highest BCUT2D eigenvalue weighted by Crippen LogP contribution is 2.39. The number of nitrogens with zero attached hydrogens (tertiary/aromatic N) is 2. The fourth-order valence-electron chi connectivity index (χ4n) is 1.61. The van der Waals surface area contributed by atoms with E-state index in [0.29, 0.717) is 16.8 Å². The lowest BCUT2D eigenvalue weighted by Crippen LogP contribution is -1.84. The van der Waals surface area contributed by atoms with Crippen molar-refractivity contribution in [3.05, 3.63) is 33.5 Å². The van der Waals surface area contributed by atoms with Crippen LogP contribution in [0.1, 0.15) is 24.6 Å². The number of aromatic nitrogens is 3. The van der Waals surface area contributed by atoms with Crippen LogP contribution in [0.4, 0.5) is 0 Å². The van der Waals surface area contributed by atoms with Gasteiger partial charge in [-0.05, 0) is 40.9 Å². The lowest BCUT2D eigenvalue weighted by atomic mass is 10.2. The summed E-state index contributed by atoms with van der Waals surface area (Å²) in [7, 11) is 0. The molecule has 1 fully saturated rings. The Kier molecular flexibility index (Phi) is 2.48. The molecule has 1 aliphatic rings. The minimum absolute atomic E-state index is 0.576. The molecule has 1 heterocycles. The average Bonchev–Trinajstić information content (AvgIpc) is 3.02. The number of rotatable bonds is 2. The second-order valence-electron chi connectivity index (χ2n) is 3.92. The monoisotopic (exact) mass is 297 g/mol. The molecule has 1 saturated carbocycles. The summed E-state index contributed by atoms with van der Waals surface area (Å²) in [4.78, 5) is 4.47. The number of hydrogen-bond acceptors (Lipinski definition) is 2. The molecule has 3 nitrogen and oxygen atoms in total. The molecule has 82 valence electrons. The molecule has 2 aromatic rings. The zero-order valence-corrected chi connectivity index (χ0v) is 10.7. The highest BCUT2D eigenvalue weighted by molar-refractivity contribution is 9.10. The van der Waals surface area contributed by atoms with E-state index in [-0.39, 0.29) is 0 Å². The van der Waals surface area contributed by atoms with Gasteiger partial charge in [-0.1, -0.05) is 17.7 Å². The molecule has 1 aliphatic carbocycles. The van der Waals surface area contributed by atoms with Crippen LogP contribution >= 0.6 is 27.5 Å². The molecule has 1 aromatic heterocycles. The maximum Gasteiger partial charge on any atom is 0.182 e. The summed E-state index contributed by atoms with van der Waals surface area (Å²) < 4.78 is 0.865. The van der Waals surface area contributed by atoms with Gasteiger partial charge in [-0.15, -0.1) is 0 Å². The van der Waals surface area contributed by atoms with Crippen LogP contribution in [-0.2, 0) is 0 Å². The smallest absolute Gasteiger partial charge is 0.182 e. The third-order valence-corrected chi connectivity index (χ3v) is 3.96. The Morgan fingerprint density at radius 3 is 2.94 bits per heavy atom. The molecule has 3 rings (SSSR count). The molecule has 1 aromatic carbocycles. The van der Waals surface area contributed by atoms with Crippen molar-refractivity contribution in [2.45, 2.75) is 18.8 Å². The van der Waals surface area contributed by atoms with E-state index in [9.17, 15) is 0 Å². The lowest BCUT2D eigenvalue weighted by Gasteiger charge is -2.00. The van der Waals surface area contributed by atoms with E-state index in [2.05, 4.69) is 31.1 Å². The molecule has 0 bridgehead atoms. The standard InChI is InChI=1S/C11H9BrClN3/c12-8-3-1-2-7(9(8)13)11-14-10(15-16-11)6-4-5-6/h1-3,6H,4-5H2,(H,14,15,16). The van der Waals surface area contributed by atoms with E-state index >= 15 is 0 Å². The molecule has 0 amide bonds. The van der Waals surface area contributed by atoms with Crippen molar-refractivity contribution >= 4 is 27.5 Å². The van der Waals surface area contributed by atoms with Gasteiger partial charge in [0.15, 0.2) is 5.82 Å². The summed E-state index contributed by atoms with van der Waals surface area (Å²) in [6.07, 6.45) is 2.42. The zero-order valence-electron chi connectivity index (χ0n) is 8.37. The summed E-state index contributed by atoms with van der Waals surface area (Å²) in [5.74, 6) is 2.23. The number of aromatic amines is 1. The maximum atomic E-state index is 6.19. The molecular weight excluding hydrogens is 289 g/mol. The number of hydrogen-bond donors (Lipinski definition) is 1. The highest BCUT2D eigenvalue weighted by atomic mass is 79.9. The van der Waals surface area contributed by atoms with Crippen molar-refractivity contribution in [1.82, 2.24) is 15.2 Å². The van der Waals surface area contributed by atoms with Gasteiger partial charge in [0, 0.05) is 16.0 Å². The Hall–Kier alpha value is -0.870. The third-order valence-electron chi connectivity index (χ3n) is 2.66. The molecule has 16 heavy (non-hydrogen) atoms. The highest BCUT2D eigenvalue weighted by Gasteiger charge is 2.27. The fraction of sp³-hybridized carbons (Fsp3) is 0.273. The van der Waals surface area contributed by atoms with Crippen LogP contribution in [0.2, 0.25) is 5.02 Å². The van der Waals surface area contributed by atoms with Crippen molar-refractivity contribution in [3.63, 3.8) is 0 Å². The molecule has 0 spiro atoms. The van der Waals surface area contributed by atoms with Gasteiger partial charge in [0.1, 0.15) is 5.82 Å². The zero-order chi connectivity index (χ0) is 11.1. The van der Waals surface area contributed by atoms with Crippen molar-refractivity contribution in [3.8, 4) is 11.4 Å². The van der Waals surface area contributed by atoms with Crippen LogP contribution in [0.3, 0.4) is 0 Å². The Bertz CT molecular complexity index is 534. The predicted molar refractivity (Wildman–Crippen MR) is 66.5 cm³/mol. The van der Waals surface area contributed by atoms with Crippen LogP contribution in [0.5, 0.6) is 0 Å². The first-order valence-electron chi connectivity index (χ1n) is 5.12. The molecule has 5 heteroatoms. The molecule has 1 N–H and O–H groups in total. The van der Waals surface area contributed by atoms with Crippen molar-refractivity contribution in [2.24, 2.45) is 0 Å². The van der Waals surface area contributed by atoms with E-state index in [1.807, 2.05) is 18.2 Å². The largest absolute Gasteiger partial charge is 0.262 e. The number of halogens is 2. The molecule has 0 saturated heterocycles. The van der Waals surface area contributed by atoms with Gasteiger partial charge >= 0.3 is 0 Å². The van der Waals surface area contributed by atoms with E-state index in [1.54, 1.807) is 0 Å². The summed E-state index contributed by atoms with van der Waals surface area (Å²) in [6.45, 7) is 0. The topological polar surface area (TPSA) is 41.6 Å². The van der Waals surface area contributed by atoms with Gasteiger partial charge in [0.2, 0.25) is 0 Å². The van der Waals surface area contributed by atoms with Gasteiger partial charge < -0.3 is 0 Å². The molecule has 0 radical (unpaired) electrons.